The van der Waals surface area contributed by atoms with Crippen molar-refractivity contribution in [2.45, 2.75) is 32.3 Å². The molecule has 0 saturated heterocycles. The Morgan fingerprint density at radius 3 is 1.87 bits per heavy atom. The fraction of sp³-hybridized carbons (Fsp3) is 0.250. The second-order valence-electron chi connectivity index (χ2n) is 5.21. The molecule has 2 aromatic rings. The first-order valence-corrected chi connectivity index (χ1v) is 7.48. The summed E-state index contributed by atoms with van der Waals surface area (Å²) in [4.78, 5) is 11.9. The van der Waals surface area contributed by atoms with Gasteiger partial charge in [0.15, 0.2) is 18.0 Å². The second kappa shape index (κ2) is 8.89. The van der Waals surface area contributed by atoms with Crippen molar-refractivity contribution in [3.8, 4) is 12.3 Å². The maximum atomic E-state index is 11.9. The van der Waals surface area contributed by atoms with Gasteiger partial charge in [0.2, 0.25) is 0 Å². The lowest BCUT2D eigenvalue weighted by Crippen LogP contribution is -2.36. The first-order valence-electron chi connectivity index (χ1n) is 7.48. The number of ether oxygens (including phenoxy) is 2. The van der Waals surface area contributed by atoms with Crippen LogP contribution in [0, 0.1) is 12.3 Å². The third kappa shape index (κ3) is 5.37. The van der Waals surface area contributed by atoms with Gasteiger partial charge in [-0.05, 0) is 18.1 Å². The maximum Gasteiger partial charge on any atom is 0.162 e. The van der Waals surface area contributed by atoms with Gasteiger partial charge < -0.3 is 9.47 Å². The predicted octanol–water partition coefficient (Wildman–Crippen LogP) is 3.38. The van der Waals surface area contributed by atoms with E-state index in [-0.39, 0.29) is 5.78 Å². The number of terminal acetylenes is 1. The van der Waals surface area contributed by atoms with Crippen LogP contribution in [0.4, 0.5) is 0 Å². The molecule has 3 heteroatoms. The summed E-state index contributed by atoms with van der Waals surface area (Å²) in [6, 6.07) is 19.3. The molecule has 0 aliphatic carbocycles. The number of carbonyl (C=O) groups is 1. The summed E-state index contributed by atoms with van der Waals surface area (Å²) in [5.41, 5.74) is 1.98. The average Bonchev–Trinajstić information content (AvgIpc) is 2.59. The van der Waals surface area contributed by atoms with Crippen LogP contribution in [-0.4, -0.2) is 18.0 Å². The Balaban J connectivity index is 1.96. The Labute approximate surface area is 137 Å². The molecule has 0 N–H and O–H groups in total. The van der Waals surface area contributed by atoms with Crippen molar-refractivity contribution in [1.29, 1.82) is 0 Å². The van der Waals surface area contributed by atoms with Crippen LogP contribution < -0.4 is 0 Å². The first kappa shape index (κ1) is 17.0. The molecule has 0 aliphatic rings. The predicted molar refractivity (Wildman–Crippen MR) is 89.6 cm³/mol. The Hall–Kier alpha value is -2.41. The van der Waals surface area contributed by atoms with E-state index in [1.165, 1.54) is 6.92 Å². The van der Waals surface area contributed by atoms with Crippen LogP contribution in [0.2, 0.25) is 0 Å². The summed E-state index contributed by atoms with van der Waals surface area (Å²) in [6.07, 6.45) is 4.05. The number of hydrogen-bond donors (Lipinski definition) is 0. The summed E-state index contributed by atoms with van der Waals surface area (Å²) in [5.74, 6) is 2.38. The van der Waals surface area contributed by atoms with Crippen molar-refractivity contribution >= 4 is 5.78 Å². The minimum Gasteiger partial charge on any atom is -0.362 e. The van der Waals surface area contributed by atoms with Gasteiger partial charge in [-0.3, -0.25) is 4.79 Å². The fourth-order valence-electron chi connectivity index (χ4n) is 2.16. The topological polar surface area (TPSA) is 35.5 Å². The lowest BCUT2D eigenvalue weighted by atomic mass is 10.1. The third-order valence-electron chi connectivity index (χ3n) is 3.38. The third-order valence-corrected chi connectivity index (χ3v) is 3.38. The molecule has 2 atom stereocenters. The van der Waals surface area contributed by atoms with Gasteiger partial charge in [0, 0.05) is 0 Å². The number of benzene rings is 2. The summed E-state index contributed by atoms with van der Waals surface area (Å²) in [7, 11) is 0. The summed E-state index contributed by atoms with van der Waals surface area (Å²) in [5, 5.41) is 0. The first-order chi connectivity index (χ1) is 11.2. The molecule has 118 valence electrons. The molecule has 3 nitrogen and oxygen atoms in total. The van der Waals surface area contributed by atoms with Crippen LogP contribution in [0.15, 0.2) is 60.7 Å². The van der Waals surface area contributed by atoms with Crippen molar-refractivity contribution in [2.24, 2.45) is 0 Å². The molecule has 2 rings (SSSR count). The van der Waals surface area contributed by atoms with E-state index in [0.29, 0.717) is 13.2 Å². The highest BCUT2D eigenvalue weighted by atomic mass is 16.5. The molecule has 0 fully saturated rings. The smallest absolute Gasteiger partial charge is 0.162 e. The Morgan fingerprint density at radius 2 is 1.43 bits per heavy atom. The summed E-state index contributed by atoms with van der Waals surface area (Å²) in [6.45, 7) is 2.12. The van der Waals surface area contributed by atoms with E-state index in [1.54, 1.807) is 0 Å². The van der Waals surface area contributed by atoms with Gasteiger partial charge in [-0.25, -0.2) is 0 Å². The van der Waals surface area contributed by atoms with Gasteiger partial charge in [0.1, 0.15) is 0 Å². The van der Waals surface area contributed by atoms with Crippen molar-refractivity contribution in [3.63, 3.8) is 0 Å². The second-order valence-corrected chi connectivity index (χ2v) is 5.21. The fourth-order valence-corrected chi connectivity index (χ4v) is 2.16. The van der Waals surface area contributed by atoms with Gasteiger partial charge in [-0.2, -0.15) is 0 Å². The van der Waals surface area contributed by atoms with E-state index in [4.69, 9.17) is 15.9 Å². The highest BCUT2D eigenvalue weighted by Crippen LogP contribution is 2.12. The average molecular weight is 308 g/mol. The maximum absolute atomic E-state index is 11.9. The van der Waals surface area contributed by atoms with Crippen LogP contribution in [0.25, 0.3) is 0 Å². The van der Waals surface area contributed by atoms with E-state index in [9.17, 15) is 4.79 Å². The zero-order valence-corrected chi connectivity index (χ0v) is 13.1. The number of carbonyl (C=O) groups excluding carboxylic acids is 1. The minimum absolute atomic E-state index is 0.142. The van der Waals surface area contributed by atoms with Crippen molar-refractivity contribution < 1.29 is 14.3 Å². The Morgan fingerprint density at radius 1 is 0.957 bits per heavy atom. The monoisotopic (exact) mass is 308 g/mol. The molecule has 0 aromatic heterocycles. The standard InChI is InChI=1S/C20H20O3/c1-3-19(22-14-17-10-6-4-7-11-17)20(16(2)21)23-15-18-12-8-5-9-13-18/h1,4-13,19-20H,14-15H2,2H3/t19-,20+/m0/s1. The van der Waals surface area contributed by atoms with E-state index >= 15 is 0 Å². The van der Waals surface area contributed by atoms with Gasteiger partial charge >= 0.3 is 0 Å². The highest BCUT2D eigenvalue weighted by molar-refractivity contribution is 5.81. The van der Waals surface area contributed by atoms with E-state index in [0.717, 1.165) is 11.1 Å². The van der Waals surface area contributed by atoms with Crippen LogP contribution in [0.5, 0.6) is 0 Å². The molecule has 0 heterocycles. The molecule has 0 radical (unpaired) electrons. The van der Waals surface area contributed by atoms with Crippen LogP contribution in [-0.2, 0) is 27.5 Å². The number of hydrogen-bond acceptors (Lipinski definition) is 3. The van der Waals surface area contributed by atoms with Crippen LogP contribution >= 0.6 is 0 Å². The van der Waals surface area contributed by atoms with Crippen molar-refractivity contribution in [3.05, 3.63) is 71.8 Å². The Kier molecular flexibility index (Phi) is 6.56. The quantitative estimate of drug-likeness (QED) is 0.701. The molecular formula is C20H20O3. The van der Waals surface area contributed by atoms with Gasteiger partial charge in [-0.15, -0.1) is 6.42 Å². The normalized spacial score (nSPS) is 13.0. The van der Waals surface area contributed by atoms with Gasteiger partial charge in [-0.1, -0.05) is 66.6 Å². The summed E-state index contributed by atoms with van der Waals surface area (Å²) < 4.78 is 11.4. The van der Waals surface area contributed by atoms with Gasteiger partial charge in [0.25, 0.3) is 0 Å². The minimum atomic E-state index is -0.774. The molecule has 2 aromatic carbocycles. The molecule has 0 aliphatic heterocycles. The van der Waals surface area contributed by atoms with Crippen molar-refractivity contribution in [1.82, 2.24) is 0 Å². The molecule has 0 unspecified atom stereocenters. The summed E-state index contributed by atoms with van der Waals surface area (Å²) >= 11 is 0. The number of rotatable bonds is 8. The number of ketones is 1. The molecule has 0 spiro atoms. The largest absolute Gasteiger partial charge is 0.362 e. The van der Waals surface area contributed by atoms with E-state index in [1.807, 2.05) is 60.7 Å². The molecule has 0 saturated carbocycles. The Bertz CT molecular complexity index is 644. The SMILES string of the molecule is C#C[C@H](OCc1ccccc1)[C@H](OCc1ccccc1)C(C)=O. The zero-order valence-electron chi connectivity index (χ0n) is 13.1. The molecular weight excluding hydrogens is 288 g/mol. The highest BCUT2D eigenvalue weighted by Gasteiger charge is 2.25. The zero-order chi connectivity index (χ0) is 16.5. The van der Waals surface area contributed by atoms with Crippen LogP contribution in [0.3, 0.4) is 0 Å². The molecule has 0 amide bonds. The lowest BCUT2D eigenvalue weighted by Gasteiger charge is -2.22. The van der Waals surface area contributed by atoms with E-state index in [2.05, 4.69) is 5.92 Å². The van der Waals surface area contributed by atoms with Gasteiger partial charge in [0.05, 0.1) is 13.2 Å². The lowest BCUT2D eigenvalue weighted by molar-refractivity contribution is -0.138. The molecule has 23 heavy (non-hydrogen) atoms. The van der Waals surface area contributed by atoms with E-state index < -0.39 is 12.2 Å². The molecule has 0 bridgehead atoms. The number of Topliss-reactive ketones (excluding diaryl/α,β-unsaturated/α-hetero) is 1. The van der Waals surface area contributed by atoms with Crippen molar-refractivity contribution in [2.75, 3.05) is 0 Å². The van der Waals surface area contributed by atoms with Crippen LogP contribution in [0.1, 0.15) is 18.1 Å².